The van der Waals surface area contributed by atoms with Crippen LogP contribution in [0.25, 0.3) is 10.8 Å². The van der Waals surface area contributed by atoms with Crippen LogP contribution in [0.1, 0.15) is 24.8 Å². The molecule has 0 unspecified atom stereocenters. The van der Waals surface area contributed by atoms with E-state index in [-0.39, 0.29) is 26.5 Å². The van der Waals surface area contributed by atoms with Gasteiger partial charge in [0.15, 0.2) is 6.73 Å². The van der Waals surface area contributed by atoms with Gasteiger partial charge in [0.05, 0.1) is 12.8 Å². The lowest BCUT2D eigenvalue weighted by molar-refractivity contribution is -0.141. The average molecular weight is 563 g/mol. The number of aromatic nitrogens is 1. The summed E-state index contributed by atoms with van der Waals surface area (Å²) in [4.78, 5) is 35.7. The fourth-order valence-electron chi connectivity index (χ4n) is 5.35. The van der Waals surface area contributed by atoms with Gasteiger partial charge in [0, 0.05) is 49.7 Å². The van der Waals surface area contributed by atoms with Crippen molar-refractivity contribution in [3.8, 4) is 5.88 Å². The lowest BCUT2D eigenvalue weighted by atomic mass is 10.1. The summed E-state index contributed by atoms with van der Waals surface area (Å²) in [6.45, 7) is 9.76. The van der Waals surface area contributed by atoms with Crippen LogP contribution in [0, 0.1) is 0 Å². The van der Waals surface area contributed by atoms with Gasteiger partial charge >= 0.3 is 5.97 Å². The van der Waals surface area contributed by atoms with Gasteiger partial charge in [-0.2, -0.15) is 4.98 Å². The molecule has 3 heterocycles. The maximum Gasteiger partial charge on any atom is 0.311 e. The fraction of sp³-hybridized carbons (Fsp3) is 0.452. The molecule has 0 bridgehead atoms. The Hall–Kier alpha value is -3.22. The second-order valence-corrected chi connectivity index (χ2v) is 13.2. The quantitative estimate of drug-likeness (QED) is 0.190. The fourth-order valence-corrected chi connectivity index (χ4v) is 5.96. The molecule has 212 valence electrons. The van der Waals surface area contributed by atoms with Gasteiger partial charge in [-0.3, -0.25) is 19.4 Å². The number of benzene rings is 2. The summed E-state index contributed by atoms with van der Waals surface area (Å²) in [5, 5.41) is 2.62. The minimum Gasteiger partial charge on any atom is -0.478 e. The zero-order valence-electron chi connectivity index (χ0n) is 23.6. The minimum absolute atomic E-state index is 0.0826. The molecule has 8 nitrogen and oxygen atoms in total. The zero-order chi connectivity index (χ0) is 27.9. The summed E-state index contributed by atoms with van der Waals surface area (Å²) in [5.41, 5.74) is 2.30. The first-order valence-corrected chi connectivity index (χ1v) is 16.6. The van der Waals surface area contributed by atoms with E-state index < -0.39 is 0 Å². The lowest BCUT2D eigenvalue weighted by Gasteiger charge is -2.36. The highest BCUT2D eigenvalue weighted by molar-refractivity contribution is 7.56. The first kappa shape index (κ1) is 28.3. The molecule has 9 heteroatoms. The van der Waals surface area contributed by atoms with Gasteiger partial charge < -0.3 is 14.4 Å². The van der Waals surface area contributed by atoms with E-state index in [9.17, 15) is 9.59 Å². The summed E-state index contributed by atoms with van der Waals surface area (Å²) in [7, 11) is -0.389. The van der Waals surface area contributed by atoms with Crippen molar-refractivity contribution in [2.75, 3.05) is 75.4 Å². The molecule has 1 saturated heterocycles. The third kappa shape index (κ3) is 7.10. The predicted octanol–water partition coefficient (Wildman–Crippen LogP) is 4.74. The average Bonchev–Trinajstić information content (AvgIpc) is 2.96. The van der Waals surface area contributed by atoms with Gasteiger partial charge in [-0.25, -0.2) is 0 Å². The largest absolute Gasteiger partial charge is 0.478 e. The number of piperazine rings is 1. The third-order valence-corrected chi connectivity index (χ3v) is 8.38. The number of anilines is 2. The van der Waals surface area contributed by atoms with Crippen molar-refractivity contribution >= 4 is 42.1 Å². The molecule has 1 fully saturated rings. The van der Waals surface area contributed by atoms with Gasteiger partial charge in [0.1, 0.15) is 5.82 Å². The molecule has 3 aromatic rings. The number of aryl methyl sites for hydroxylation is 1. The highest BCUT2D eigenvalue weighted by Crippen LogP contribution is 2.30. The molecule has 0 aliphatic carbocycles. The number of hydrogen-bond acceptors (Lipinski definition) is 7. The standard InChI is InChI=1S/C31H39N4O4P/c1-40(2)22-30(37)39-23-35-29(36)15-13-25-12-14-28(32-31(25)35)38-21-6-5-16-33-17-19-34(20-18-33)27-11-7-9-24-8-3-4-10-26(24)27/h3-4,7-12,14H,5-6,13,15-23H2,1-2H3. The number of unbranched alkanes of at least 4 members (excludes halogenated alkanes) is 1. The topological polar surface area (TPSA) is 75.2 Å². The van der Waals surface area contributed by atoms with E-state index in [2.05, 4.69) is 57.2 Å². The Bertz CT molecular complexity index is 1320. The van der Waals surface area contributed by atoms with Crippen molar-refractivity contribution < 1.29 is 19.1 Å². The molecule has 40 heavy (non-hydrogen) atoms. The number of amides is 1. The van der Waals surface area contributed by atoms with Crippen LogP contribution in [0.4, 0.5) is 11.5 Å². The summed E-state index contributed by atoms with van der Waals surface area (Å²) in [6.07, 6.45) is 3.39. The van der Waals surface area contributed by atoms with Crippen LogP contribution in [-0.2, 0) is 20.7 Å². The molecule has 5 rings (SSSR count). The highest BCUT2D eigenvalue weighted by Gasteiger charge is 2.27. The molecule has 2 aliphatic heterocycles. The smallest absolute Gasteiger partial charge is 0.311 e. The van der Waals surface area contributed by atoms with Gasteiger partial charge in [-0.15, -0.1) is 7.92 Å². The molecule has 0 atom stereocenters. The van der Waals surface area contributed by atoms with E-state index in [4.69, 9.17) is 9.47 Å². The van der Waals surface area contributed by atoms with E-state index in [1.54, 1.807) is 0 Å². The third-order valence-electron chi connectivity index (χ3n) is 7.49. The molecule has 0 N–H and O–H groups in total. The van der Waals surface area contributed by atoms with Crippen molar-refractivity contribution in [2.45, 2.75) is 25.7 Å². The number of carbonyl (C=O) groups is 2. The second-order valence-electron chi connectivity index (χ2n) is 10.7. The van der Waals surface area contributed by atoms with Crippen LogP contribution < -0.4 is 14.5 Å². The summed E-state index contributed by atoms with van der Waals surface area (Å²) < 4.78 is 11.3. The van der Waals surface area contributed by atoms with Gasteiger partial charge in [0.2, 0.25) is 11.8 Å². The first-order chi connectivity index (χ1) is 19.5. The summed E-state index contributed by atoms with van der Waals surface area (Å²) in [5.74, 6) is 0.680. The van der Waals surface area contributed by atoms with Crippen molar-refractivity contribution in [2.24, 2.45) is 0 Å². The molecular weight excluding hydrogens is 523 g/mol. The summed E-state index contributed by atoms with van der Waals surface area (Å²) in [6, 6.07) is 19.0. The number of nitrogens with zero attached hydrogens (tertiary/aromatic N) is 4. The maximum absolute atomic E-state index is 12.6. The monoisotopic (exact) mass is 562 g/mol. The van der Waals surface area contributed by atoms with Crippen molar-refractivity contribution in [3.05, 3.63) is 60.2 Å². The minimum atomic E-state index is -0.389. The van der Waals surface area contributed by atoms with Crippen LogP contribution in [-0.4, -0.2) is 87.3 Å². The predicted molar refractivity (Wildman–Crippen MR) is 162 cm³/mol. The molecule has 2 aromatic carbocycles. The summed E-state index contributed by atoms with van der Waals surface area (Å²) >= 11 is 0. The molecule has 0 saturated carbocycles. The molecule has 0 spiro atoms. The highest BCUT2D eigenvalue weighted by atomic mass is 31.1. The molecule has 1 amide bonds. The maximum atomic E-state index is 12.6. The van der Waals surface area contributed by atoms with E-state index in [0.29, 0.717) is 37.3 Å². The number of carbonyl (C=O) groups excluding carboxylic acids is 2. The Labute approximate surface area is 238 Å². The Morgan fingerprint density at radius 2 is 1.75 bits per heavy atom. The number of hydrogen-bond donors (Lipinski definition) is 0. The number of fused-ring (bicyclic) bond motifs is 2. The first-order valence-electron chi connectivity index (χ1n) is 14.2. The van der Waals surface area contributed by atoms with Crippen molar-refractivity contribution in [1.82, 2.24) is 9.88 Å². The Morgan fingerprint density at radius 1 is 0.950 bits per heavy atom. The number of rotatable bonds is 11. The zero-order valence-corrected chi connectivity index (χ0v) is 24.4. The van der Waals surface area contributed by atoms with E-state index >= 15 is 0 Å². The SMILES string of the molecule is CP(C)CC(=O)OCN1C(=O)CCc2ccc(OCCCCN3CCN(c4cccc5ccccc45)CC3)nc21. The number of pyridine rings is 1. The van der Waals surface area contributed by atoms with Crippen LogP contribution in [0.15, 0.2) is 54.6 Å². The van der Waals surface area contributed by atoms with Crippen molar-refractivity contribution in [1.29, 1.82) is 0 Å². The van der Waals surface area contributed by atoms with Gasteiger partial charge in [0.25, 0.3) is 0 Å². The Balaban J connectivity index is 1.06. The van der Waals surface area contributed by atoms with Gasteiger partial charge in [-0.05, 0) is 62.2 Å². The number of ether oxygens (including phenoxy) is 2. The lowest BCUT2D eigenvalue weighted by Crippen LogP contribution is -2.46. The normalized spacial score (nSPS) is 15.9. The Morgan fingerprint density at radius 3 is 2.58 bits per heavy atom. The van der Waals surface area contributed by atoms with Crippen LogP contribution in [0.3, 0.4) is 0 Å². The molecule has 0 radical (unpaired) electrons. The molecule has 1 aromatic heterocycles. The number of esters is 1. The van der Waals surface area contributed by atoms with Crippen LogP contribution >= 0.6 is 7.92 Å². The second kappa shape index (κ2) is 13.4. The van der Waals surface area contributed by atoms with E-state index in [1.165, 1.54) is 21.4 Å². The van der Waals surface area contributed by atoms with Crippen LogP contribution in [0.5, 0.6) is 5.88 Å². The van der Waals surface area contributed by atoms with Crippen LogP contribution in [0.2, 0.25) is 0 Å². The Kier molecular flexibility index (Phi) is 9.50. The van der Waals surface area contributed by atoms with E-state index in [0.717, 1.165) is 51.1 Å². The van der Waals surface area contributed by atoms with Gasteiger partial charge in [-0.1, -0.05) is 36.4 Å². The van der Waals surface area contributed by atoms with E-state index in [1.807, 2.05) is 25.5 Å². The molecular formula is C31H39N4O4P. The van der Waals surface area contributed by atoms with Crippen molar-refractivity contribution in [3.63, 3.8) is 0 Å². The molecule has 2 aliphatic rings.